The molecule has 17 nitrogen and oxygen atoms in total. The van der Waals surface area contributed by atoms with Crippen molar-refractivity contribution in [3.05, 3.63) is 65.9 Å². The molecule has 4 saturated heterocycles. The molecule has 0 aliphatic carbocycles. The Balaban J connectivity index is 0.876. The average Bonchev–Trinajstić information content (AvgIpc) is 4.17. The van der Waals surface area contributed by atoms with Crippen LogP contribution in [0.25, 0.3) is 44.2 Å². The van der Waals surface area contributed by atoms with E-state index >= 15 is 0 Å². The third kappa shape index (κ3) is 8.74. The van der Waals surface area contributed by atoms with Gasteiger partial charge in [-0.1, -0.05) is 18.2 Å². The van der Waals surface area contributed by atoms with Gasteiger partial charge in [0.2, 0.25) is 11.8 Å². The fourth-order valence-corrected chi connectivity index (χ4v) is 11.9. The van der Waals surface area contributed by atoms with Gasteiger partial charge in [0.1, 0.15) is 36.1 Å². The highest BCUT2D eigenvalue weighted by Gasteiger charge is 2.44. The second-order valence-corrected chi connectivity index (χ2v) is 19.6. The third-order valence-corrected chi connectivity index (χ3v) is 14.8. The number of hydrogen-bond acceptors (Lipinski definition) is 11. The molecular weight excluding hydrogens is 869 g/mol. The molecule has 4 amide bonds. The van der Waals surface area contributed by atoms with Crippen LogP contribution in [0.5, 0.6) is 5.75 Å². The zero-order valence-electron chi connectivity index (χ0n) is 39.6. The minimum atomic E-state index is -0.741. The maximum Gasteiger partial charge on any atom is 0.407 e. The Kier molecular flexibility index (Phi) is 12.5. The maximum atomic E-state index is 14.4. The van der Waals surface area contributed by atoms with Crippen LogP contribution in [-0.4, -0.2) is 118 Å². The van der Waals surface area contributed by atoms with Gasteiger partial charge in [-0.15, -0.1) is 0 Å². The lowest BCUT2D eigenvalue weighted by atomic mass is 9.85. The quantitative estimate of drug-likeness (QED) is 0.112. The summed E-state index contributed by atoms with van der Waals surface area (Å²) in [6, 6.07) is 12.7. The number of ether oxygens (including phenoxy) is 5. The molecule has 0 spiro atoms. The molecule has 0 saturated carbocycles. The fraction of sp³-hybridized carbons (Fsp3) is 0.529. The first-order valence-corrected chi connectivity index (χ1v) is 24.2. The Morgan fingerprint density at radius 1 is 0.721 bits per heavy atom. The molecule has 4 fully saturated rings. The second-order valence-electron chi connectivity index (χ2n) is 19.6. The summed E-state index contributed by atoms with van der Waals surface area (Å²) in [5.74, 6) is 1.76. The van der Waals surface area contributed by atoms with E-state index in [4.69, 9.17) is 33.7 Å². The molecule has 5 aromatic rings. The Morgan fingerprint density at radius 3 is 1.90 bits per heavy atom. The number of methoxy groups -OCH3 is 2. The molecule has 68 heavy (non-hydrogen) atoms. The van der Waals surface area contributed by atoms with Crippen molar-refractivity contribution < 1.29 is 42.9 Å². The number of likely N-dealkylation sites (tertiary alicyclic amines) is 2. The van der Waals surface area contributed by atoms with Gasteiger partial charge in [0.05, 0.1) is 73.6 Å². The summed E-state index contributed by atoms with van der Waals surface area (Å²) >= 11 is 0. The third-order valence-electron chi connectivity index (χ3n) is 14.8. The molecule has 0 bridgehead atoms. The van der Waals surface area contributed by atoms with Crippen molar-refractivity contribution >= 4 is 45.8 Å². The second kappa shape index (κ2) is 18.7. The molecule has 3 aromatic carbocycles. The monoisotopic (exact) mass is 930 g/mol. The van der Waals surface area contributed by atoms with Crippen molar-refractivity contribution in [1.29, 1.82) is 0 Å². The van der Waals surface area contributed by atoms with Crippen LogP contribution < -0.4 is 15.4 Å². The largest absolute Gasteiger partial charge is 0.488 e. The Bertz CT molecular complexity index is 2720. The van der Waals surface area contributed by atoms with Gasteiger partial charge in [-0.25, -0.2) is 19.6 Å². The lowest BCUT2D eigenvalue weighted by Gasteiger charge is -2.38. The van der Waals surface area contributed by atoms with Gasteiger partial charge in [-0.05, 0) is 137 Å². The van der Waals surface area contributed by atoms with E-state index in [9.17, 15) is 19.2 Å². The molecule has 0 radical (unpaired) electrons. The zero-order chi connectivity index (χ0) is 47.4. The smallest absolute Gasteiger partial charge is 0.407 e. The van der Waals surface area contributed by atoms with Gasteiger partial charge < -0.3 is 54.1 Å². The van der Waals surface area contributed by atoms with Gasteiger partial charge in [0, 0.05) is 24.0 Å². The highest BCUT2D eigenvalue weighted by molar-refractivity contribution is 6.07. The molecule has 360 valence electrons. The van der Waals surface area contributed by atoms with E-state index in [1.807, 2.05) is 49.8 Å². The number of carbonyl (C=O) groups is 4. The fourth-order valence-electron chi connectivity index (χ4n) is 11.9. The summed E-state index contributed by atoms with van der Waals surface area (Å²) < 4.78 is 28.3. The van der Waals surface area contributed by atoms with Crippen molar-refractivity contribution in [2.75, 3.05) is 27.3 Å². The molecule has 0 unspecified atom stereocenters. The summed E-state index contributed by atoms with van der Waals surface area (Å²) in [6.07, 6.45) is 6.24. The lowest BCUT2D eigenvalue weighted by molar-refractivity contribution is -0.139. The van der Waals surface area contributed by atoms with Crippen LogP contribution in [0.3, 0.4) is 0 Å². The normalized spacial score (nSPS) is 26.7. The van der Waals surface area contributed by atoms with E-state index in [2.05, 4.69) is 57.0 Å². The topological polar surface area (TPSA) is 202 Å². The first-order chi connectivity index (χ1) is 32.8. The lowest BCUT2D eigenvalue weighted by Crippen LogP contribution is -2.54. The van der Waals surface area contributed by atoms with Gasteiger partial charge in [-0.2, -0.15) is 0 Å². The number of imidazole rings is 2. The predicted molar refractivity (Wildman–Crippen MR) is 252 cm³/mol. The van der Waals surface area contributed by atoms with Crippen LogP contribution in [-0.2, 0) is 35.1 Å². The first kappa shape index (κ1) is 45.6. The minimum Gasteiger partial charge on any atom is -0.488 e. The number of nitrogens with zero attached hydrogens (tertiary/aromatic N) is 4. The molecular formula is C51H62N8O9. The van der Waals surface area contributed by atoms with Gasteiger partial charge in [-0.3, -0.25) is 9.59 Å². The van der Waals surface area contributed by atoms with Gasteiger partial charge >= 0.3 is 12.2 Å². The molecule has 4 N–H and O–H groups in total. The van der Waals surface area contributed by atoms with Crippen LogP contribution in [0.4, 0.5) is 9.59 Å². The number of aromatic amines is 2. The van der Waals surface area contributed by atoms with Crippen molar-refractivity contribution in [2.45, 2.75) is 134 Å². The number of benzene rings is 3. The Morgan fingerprint density at radius 2 is 1.31 bits per heavy atom. The van der Waals surface area contributed by atoms with Gasteiger partial charge in [0.25, 0.3) is 0 Å². The van der Waals surface area contributed by atoms with Crippen LogP contribution >= 0.6 is 0 Å². The van der Waals surface area contributed by atoms with E-state index in [0.717, 1.165) is 81.2 Å². The maximum absolute atomic E-state index is 14.4. The van der Waals surface area contributed by atoms with Crippen molar-refractivity contribution in [3.8, 4) is 28.1 Å². The van der Waals surface area contributed by atoms with Crippen molar-refractivity contribution in [2.24, 2.45) is 11.8 Å². The number of nitrogens with one attached hydrogen (secondary N) is 4. The summed E-state index contributed by atoms with van der Waals surface area (Å²) in [5, 5.41) is 7.74. The number of hydrogen-bond donors (Lipinski definition) is 4. The number of H-pyrrole nitrogens is 2. The predicted octanol–water partition coefficient (Wildman–Crippen LogP) is 7.85. The van der Waals surface area contributed by atoms with Gasteiger partial charge in [0.15, 0.2) is 0 Å². The van der Waals surface area contributed by atoms with Crippen LogP contribution in [0, 0.1) is 11.8 Å². The minimum absolute atomic E-state index is 0.0255. The average molecular weight is 931 g/mol. The Labute approximate surface area is 395 Å². The number of alkyl carbamates (subject to hydrolysis) is 2. The van der Waals surface area contributed by atoms with Crippen molar-refractivity contribution in [3.63, 3.8) is 0 Å². The number of aromatic nitrogens is 4. The van der Waals surface area contributed by atoms with Crippen LogP contribution in [0.15, 0.2) is 48.7 Å². The summed E-state index contributed by atoms with van der Waals surface area (Å²) in [4.78, 5) is 74.5. The van der Waals surface area contributed by atoms with E-state index in [1.54, 1.807) is 0 Å². The summed E-state index contributed by atoms with van der Waals surface area (Å²) in [5.41, 5.74) is 6.59. The molecule has 17 heteroatoms. The molecule has 5 aliphatic rings. The number of fused-ring (bicyclic) bond motifs is 6. The summed E-state index contributed by atoms with van der Waals surface area (Å²) in [6.45, 7) is 9.53. The molecule has 7 heterocycles. The SMILES string of the molecule is COC(=O)N[C@H](C(=O)N1CCC[C@H]1c1ncc(-c2ccc3c(c2)COc2cc4c(ccc5nc([C@@H]6CCCN6C(=O)[C@@H](NC(=O)OC)C6C[C@@H](C)O[C@H](C)C6)[nH]c54)cc2-3)[nH]1)C1C[C@@H](C)O[C@H](C)C1. The highest BCUT2D eigenvalue weighted by Crippen LogP contribution is 2.44. The van der Waals surface area contributed by atoms with E-state index < -0.39 is 24.3 Å². The van der Waals surface area contributed by atoms with Crippen molar-refractivity contribution in [1.82, 2.24) is 40.4 Å². The first-order valence-electron chi connectivity index (χ1n) is 24.2. The van der Waals surface area contributed by atoms with E-state index in [-0.39, 0.29) is 60.1 Å². The standard InChI is InChI=1S/C51H62N8O9/c1-26-17-32(18-27(2)67-26)43(56-50(62)64-5)48(60)58-15-7-9-40(58)46-52-24-39(54-46)31-11-13-35-34(21-31)25-66-42-23-36-30(22-37(35)42)12-14-38-45(36)55-47(53-38)41-10-8-16-59(41)49(61)44(57-51(63)65-6)33-19-28(3)68-29(4)20-33/h11-14,21-24,26-29,32-33,40-41,43-44H,7-10,15-20,25H2,1-6H3,(H,52,54)(H,53,55)(H,56,62)(H,57,63)/t26-,27-,28-,29-,40+,41+,43+,44+/m1/s1. The molecule has 8 atom stereocenters. The number of amides is 4. The van der Waals surface area contributed by atoms with Crippen LogP contribution in [0.2, 0.25) is 0 Å². The van der Waals surface area contributed by atoms with Crippen LogP contribution in [0.1, 0.15) is 108 Å². The Hall–Kier alpha value is -6.20. The highest BCUT2D eigenvalue weighted by atomic mass is 16.5. The molecule has 10 rings (SSSR count). The summed E-state index contributed by atoms with van der Waals surface area (Å²) in [7, 11) is 2.63. The molecule has 5 aliphatic heterocycles. The number of rotatable bonds is 9. The molecule has 2 aromatic heterocycles. The number of carbonyl (C=O) groups excluding carboxylic acids is 4. The zero-order valence-corrected chi connectivity index (χ0v) is 39.6. The van der Waals surface area contributed by atoms with E-state index in [1.165, 1.54) is 14.2 Å². The van der Waals surface area contributed by atoms with E-state index in [0.29, 0.717) is 57.0 Å².